The van der Waals surface area contributed by atoms with E-state index in [0.29, 0.717) is 22.1 Å². The molecule has 0 aliphatic heterocycles. The summed E-state index contributed by atoms with van der Waals surface area (Å²) >= 11 is 3.28. The lowest BCUT2D eigenvalue weighted by Crippen LogP contribution is -2.01. The molecule has 0 radical (unpaired) electrons. The molecule has 7 heteroatoms. The van der Waals surface area contributed by atoms with E-state index in [-0.39, 0.29) is 11.6 Å². The highest BCUT2D eigenvalue weighted by atomic mass is 79.9. The third kappa shape index (κ3) is 3.39. The number of ether oxygens (including phenoxy) is 2. The first-order valence-corrected chi connectivity index (χ1v) is 6.25. The van der Waals surface area contributed by atoms with Crippen molar-refractivity contribution in [3.05, 3.63) is 46.3 Å². The van der Waals surface area contributed by atoms with Crippen molar-refractivity contribution in [3.63, 3.8) is 0 Å². The minimum atomic E-state index is -0.474. The maximum absolute atomic E-state index is 11.5. The van der Waals surface area contributed by atoms with Crippen LogP contribution in [-0.2, 0) is 4.74 Å². The second kappa shape index (κ2) is 6.25. The molecule has 0 saturated carbocycles. The van der Waals surface area contributed by atoms with Crippen LogP contribution in [0.15, 0.2) is 35.1 Å². The highest BCUT2D eigenvalue weighted by molar-refractivity contribution is 9.10. The minimum Gasteiger partial charge on any atom is -0.465 e. The van der Waals surface area contributed by atoms with Crippen molar-refractivity contribution in [2.24, 2.45) is 0 Å². The Morgan fingerprint density at radius 3 is 2.65 bits per heavy atom. The van der Waals surface area contributed by atoms with Crippen LogP contribution in [0.4, 0.5) is 0 Å². The van der Waals surface area contributed by atoms with E-state index < -0.39 is 5.97 Å². The number of hydrogen-bond donors (Lipinski definition) is 0. The van der Waals surface area contributed by atoms with Gasteiger partial charge in [-0.15, -0.1) is 0 Å². The molecule has 2 aromatic rings. The van der Waals surface area contributed by atoms with Gasteiger partial charge in [-0.25, -0.2) is 14.8 Å². The molecule has 0 fully saturated rings. The summed E-state index contributed by atoms with van der Waals surface area (Å²) in [7, 11) is 1.30. The maximum atomic E-state index is 11.5. The number of carbonyl (C=O) groups is 2. The third-order valence-electron chi connectivity index (χ3n) is 2.28. The molecule has 2 rings (SSSR count). The van der Waals surface area contributed by atoms with E-state index in [9.17, 15) is 9.59 Å². The van der Waals surface area contributed by atoms with Crippen LogP contribution in [0.25, 0.3) is 0 Å². The fourth-order valence-electron chi connectivity index (χ4n) is 1.42. The Kier molecular flexibility index (Phi) is 4.41. The summed E-state index contributed by atoms with van der Waals surface area (Å²) in [6.45, 7) is 0. The molecule has 1 heterocycles. The van der Waals surface area contributed by atoms with Crippen LogP contribution in [0.1, 0.15) is 20.8 Å². The van der Waals surface area contributed by atoms with Gasteiger partial charge >= 0.3 is 5.97 Å². The van der Waals surface area contributed by atoms with Crippen molar-refractivity contribution in [1.82, 2.24) is 9.97 Å². The number of aldehydes is 1. The number of nitrogens with zero attached hydrogens (tertiary/aromatic N) is 2. The van der Waals surface area contributed by atoms with Gasteiger partial charge in [-0.3, -0.25) is 4.79 Å². The maximum Gasteiger partial charge on any atom is 0.338 e. The predicted molar refractivity (Wildman–Crippen MR) is 73.0 cm³/mol. The van der Waals surface area contributed by atoms with Crippen LogP contribution in [0.5, 0.6) is 11.6 Å². The Morgan fingerprint density at radius 1 is 1.25 bits per heavy atom. The highest BCUT2D eigenvalue weighted by Crippen LogP contribution is 2.25. The molecule has 0 N–H and O–H groups in total. The molecule has 6 nitrogen and oxygen atoms in total. The average molecular weight is 337 g/mol. The first kappa shape index (κ1) is 14.1. The van der Waals surface area contributed by atoms with Crippen molar-refractivity contribution in [1.29, 1.82) is 0 Å². The zero-order valence-electron chi connectivity index (χ0n) is 10.4. The Bertz CT molecular complexity index is 643. The van der Waals surface area contributed by atoms with Gasteiger partial charge in [-0.1, -0.05) is 15.9 Å². The fourth-order valence-corrected chi connectivity index (χ4v) is 1.89. The van der Waals surface area contributed by atoms with Crippen LogP contribution >= 0.6 is 15.9 Å². The van der Waals surface area contributed by atoms with Crippen molar-refractivity contribution in [3.8, 4) is 11.6 Å². The van der Waals surface area contributed by atoms with Crippen molar-refractivity contribution in [2.75, 3.05) is 7.11 Å². The molecule has 20 heavy (non-hydrogen) atoms. The largest absolute Gasteiger partial charge is 0.465 e. The molecule has 102 valence electrons. The zero-order chi connectivity index (χ0) is 14.5. The first-order chi connectivity index (χ1) is 9.62. The molecule has 0 aliphatic carbocycles. The smallest absolute Gasteiger partial charge is 0.338 e. The van der Waals surface area contributed by atoms with E-state index in [1.54, 1.807) is 12.1 Å². The lowest BCUT2D eigenvalue weighted by molar-refractivity contribution is 0.0600. The van der Waals surface area contributed by atoms with E-state index in [2.05, 4.69) is 30.6 Å². The number of halogens is 1. The van der Waals surface area contributed by atoms with Gasteiger partial charge in [0.25, 0.3) is 0 Å². The van der Waals surface area contributed by atoms with E-state index in [1.165, 1.54) is 25.6 Å². The molecular formula is C13H9BrN2O4. The third-order valence-corrected chi connectivity index (χ3v) is 2.74. The van der Waals surface area contributed by atoms with Crippen molar-refractivity contribution < 1.29 is 19.1 Å². The van der Waals surface area contributed by atoms with Gasteiger partial charge in [0.05, 0.1) is 25.1 Å². The SMILES string of the molecule is COC(=O)c1cc(Br)cc(Oc2cnc(C=O)cn2)c1. The molecule has 1 aromatic heterocycles. The van der Waals surface area contributed by atoms with E-state index in [1.807, 2.05) is 0 Å². The molecule has 1 aromatic carbocycles. The number of benzene rings is 1. The summed E-state index contributed by atoms with van der Waals surface area (Å²) in [6.07, 6.45) is 3.20. The molecule has 0 atom stereocenters. The fraction of sp³-hybridized carbons (Fsp3) is 0.0769. The molecule has 0 saturated heterocycles. The van der Waals surface area contributed by atoms with Gasteiger partial charge < -0.3 is 9.47 Å². The van der Waals surface area contributed by atoms with Crippen molar-refractivity contribution in [2.45, 2.75) is 0 Å². The Balaban J connectivity index is 2.25. The number of aromatic nitrogens is 2. The second-order valence-corrected chi connectivity index (χ2v) is 4.58. The van der Waals surface area contributed by atoms with Gasteiger partial charge in [-0.2, -0.15) is 0 Å². The molecule has 0 bridgehead atoms. The van der Waals surface area contributed by atoms with E-state index >= 15 is 0 Å². The van der Waals surface area contributed by atoms with Gasteiger partial charge in [0.1, 0.15) is 11.4 Å². The Labute approximate surface area is 122 Å². The van der Waals surface area contributed by atoms with Gasteiger partial charge in [0.15, 0.2) is 6.29 Å². The second-order valence-electron chi connectivity index (χ2n) is 3.67. The van der Waals surface area contributed by atoms with Crippen LogP contribution in [0.3, 0.4) is 0 Å². The van der Waals surface area contributed by atoms with Gasteiger partial charge in [0.2, 0.25) is 5.88 Å². The monoisotopic (exact) mass is 336 g/mol. The molecule has 0 unspecified atom stereocenters. The molecule has 0 spiro atoms. The predicted octanol–water partition coefficient (Wildman–Crippen LogP) is 2.63. The summed E-state index contributed by atoms with van der Waals surface area (Å²) in [5, 5.41) is 0. The first-order valence-electron chi connectivity index (χ1n) is 5.46. The number of hydrogen-bond acceptors (Lipinski definition) is 6. The molecule has 0 amide bonds. The lowest BCUT2D eigenvalue weighted by atomic mass is 10.2. The van der Waals surface area contributed by atoms with Gasteiger partial charge in [0, 0.05) is 4.47 Å². The molecular weight excluding hydrogens is 328 g/mol. The standard InChI is InChI=1S/C13H9BrN2O4/c1-19-13(18)8-2-9(14)4-11(3-8)20-12-6-15-10(7-17)5-16-12/h2-7H,1H3. The van der Waals surface area contributed by atoms with E-state index in [4.69, 9.17) is 4.74 Å². The normalized spacial score (nSPS) is 9.90. The van der Waals surface area contributed by atoms with Gasteiger partial charge in [-0.05, 0) is 18.2 Å². The Morgan fingerprint density at radius 2 is 2.05 bits per heavy atom. The summed E-state index contributed by atoms with van der Waals surface area (Å²) < 4.78 is 10.8. The quantitative estimate of drug-likeness (QED) is 0.630. The summed E-state index contributed by atoms with van der Waals surface area (Å²) in [5.41, 5.74) is 0.552. The van der Waals surface area contributed by atoms with Crippen LogP contribution in [0, 0.1) is 0 Å². The van der Waals surface area contributed by atoms with Crippen LogP contribution in [0.2, 0.25) is 0 Å². The average Bonchev–Trinajstić information content (AvgIpc) is 2.46. The summed E-state index contributed by atoms with van der Waals surface area (Å²) in [6, 6.07) is 4.80. The van der Waals surface area contributed by atoms with E-state index in [0.717, 1.165) is 0 Å². The molecule has 0 aliphatic rings. The number of esters is 1. The van der Waals surface area contributed by atoms with Crippen LogP contribution < -0.4 is 4.74 Å². The summed E-state index contributed by atoms with van der Waals surface area (Å²) in [4.78, 5) is 29.7. The highest BCUT2D eigenvalue weighted by Gasteiger charge is 2.10. The number of rotatable bonds is 4. The topological polar surface area (TPSA) is 78.4 Å². The Hall–Kier alpha value is -2.28. The minimum absolute atomic E-state index is 0.210. The number of methoxy groups -OCH3 is 1. The zero-order valence-corrected chi connectivity index (χ0v) is 12.0. The van der Waals surface area contributed by atoms with Crippen LogP contribution in [-0.4, -0.2) is 29.3 Å². The lowest BCUT2D eigenvalue weighted by Gasteiger charge is -2.07. The summed E-state index contributed by atoms with van der Waals surface area (Å²) in [5.74, 6) is 0.135. The number of carbonyl (C=O) groups excluding carboxylic acids is 2. The van der Waals surface area contributed by atoms with Crippen molar-refractivity contribution >= 4 is 28.2 Å².